The fourth-order valence-electron chi connectivity index (χ4n) is 4.34. The molecule has 1 saturated heterocycles. The first-order chi connectivity index (χ1) is 12.1. The first-order valence-corrected chi connectivity index (χ1v) is 9.60. The summed E-state index contributed by atoms with van der Waals surface area (Å²) in [5, 5.41) is 0. The van der Waals surface area contributed by atoms with Crippen LogP contribution in [0.15, 0.2) is 11.1 Å². The Balaban J connectivity index is 1.71. The monoisotopic (exact) mass is 349 g/mol. The fraction of sp³-hybridized carbons (Fsp3) is 0.789. The maximum absolute atomic E-state index is 12.9. The molecule has 3 aliphatic rings. The molecule has 0 aromatic carbocycles. The van der Waals surface area contributed by atoms with Crippen molar-refractivity contribution in [2.24, 2.45) is 0 Å². The lowest BCUT2D eigenvalue weighted by Crippen LogP contribution is -2.39. The molecule has 1 aliphatic carbocycles. The van der Waals surface area contributed by atoms with Crippen LogP contribution >= 0.6 is 0 Å². The Hall–Kier alpha value is -1.40. The number of nitrogens with zero attached hydrogens (tertiary/aromatic N) is 3. The molecule has 1 unspecified atom stereocenters. The summed E-state index contributed by atoms with van der Waals surface area (Å²) in [4.78, 5) is 31.9. The lowest BCUT2D eigenvalue weighted by atomic mass is 9.88. The summed E-state index contributed by atoms with van der Waals surface area (Å²) in [6.45, 7) is 4.68. The van der Waals surface area contributed by atoms with E-state index >= 15 is 0 Å². The SMILES string of the molecule is COCCN1C(=O)C(CC(=O)N2CCCN(C)CC2)=C2CCCCC21. The lowest BCUT2D eigenvalue weighted by Gasteiger charge is -2.29. The van der Waals surface area contributed by atoms with E-state index in [9.17, 15) is 9.59 Å². The molecule has 6 nitrogen and oxygen atoms in total. The van der Waals surface area contributed by atoms with Gasteiger partial charge in [0.05, 0.1) is 19.1 Å². The number of likely N-dealkylation sites (N-methyl/N-ethyl adjacent to an activating group) is 1. The second-order valence-corrected chi connectivity index (χ2v) is 7.47. The number of fused-ring (bicyclic) bond motifs is 1. The van der Waals surface area contributed by atoms with Gasteiger partial charge in [-0.3, -0.25) is 9.59 Å². The van der Waals surface area contributed by atoms with Crippen molar-refractivity contribution in [1.29, 1.82) is 0 Å². The number of ether oxygens (including phenoxy) is 1. The van der Waals surface area contributed by atoms with Gasteiger partial charge in [-0.05, 0) is 44.8 Å². The zero-order valence-electron chi connectivity index (χ0n) is 15.6. The Kier molecular flexibility index (Phi) is 6.12. The van der Waals surface area contributed by atoms with Crippen molar-refractivity contribution in [3.05, 3.63) is 11.1 Å². The van der Waals surface area contributed by atoms with Gasteiger partial charge < -0.3 is 19.4 Å². The molecule has 0 N–H and O–H groups in total. The molecule has 6 heteroatoms. The number of hydrogen-bond acceptors (Lipinski definition) is 4. The molecule has 1 atom stereocenters. The quantitative estimate of drug-likeness (QED) is 0.750. The zero-order chi connectivity index (χ0) is 17.8. The minimum Gasteiger partial charge on any atom is -0.383 e. The number of carbonyl (C=O) groups excluding carboxylic acids is 2. The van der Waals surface area contributed by atoms with Crippen molar-refractivity contribution < 1.29 is 14.3 Å². The molecule has 2 fully saturated rings. The first-order valence-electron chi connectivity index (χ1n) is 9.60. The van der Waals surface area contributed by atoms with E-state index in [4.69, 9.17) is 4.74 Å². The van der Waals surface area contributed by atoms with Crippen LogP contribution in [0, 0.1) is 0 Å². The highest BCUT2D eigenvalue weighted by Crippen LogP contribution is 2.38. The van der Waals surface area contributed by atoms with E-state index in [2.05, 4.69) is 11.9 Å². The van der Waals surface area contributed by atoms with Gasteiger partial charge in [-0.2, -0.15) is 0 Å². The lowest BCUT2D eigenvalue weighted by molar-refractivity contribution is -0.133. The summed E-state index contributed by atoms with van der Waals surface area (Å²) >= 11 is 0. The van der Waals surface area contributed by atoms with Crippen LogP contribution in [-0.2, 0) is 14.3 Å². The van der Waals surface area contributed by atoms with E-state index in [1.54, 1.807) is 7.11 Å². The third kappa shape index (κ3) is 4.06. The van der Waals surface area contributed by atoms with Crippen LogP contribution < -0.4 is 0 Å². The van der Waals surface area contributed by atoms with Gasteiger partial charge in [-0.25, -0.2) is 0 Å². The maximum atomic E-state index is 12.9. The molecule has 0 aromatic rings. The minimum absolute atomic E-state index is 0.0687. The third-order valence-electron chi connectivity index (χ3n) is 5.80. The average molecular weight is 349 g/mol. The molecule has 2 aliphatic heterocycles. The van der Waals surface area contributed by atoms with Gasteiger partial charge in [-0.1, -0.05) is 6.42 Å². The van der Waals surface area contributed by atoms with Gasteiger partial charge in [0.2, 0.25) is 5.91 Å². The third-order valence-corrected chi connectivity index (χ3v) is 5.80. The van der Waals surface area contributed by atoms with Crippen LogP contribution in [0.5, 0.6) is 0 Å². The van der Waals surface area contributed by atoms with Crippen molar-refractivity contribution in [3.63, 3.8) is 0 Å². The van der Waals surface area contributed by atoms with Crippen LogP contribution in [0.25, 0.3) is 0 Å². The molecule has 0 aromatic heterocycles. The summed E-state index contributed by atoms with van der Waals surface area (Å²) in [5.74, 6) is 0.184. The van der Waals surface area contributed by atoms with E-state index in [0.717, 1.165) is 63.9 Å². The highest BCUT2D eigenvalue weighted by atomic mass is 16.5. The van der Waals surface area contributed by atoms with Crippen molar-refractivity contribution in [2.45, 2.75) is 44.6 Å². The van der Waals surface area contributed by atoms with E-state index in [1.165, 1.54) is 5.57 Å². The van der Waals surface area contributed by atoms with Crippen molar-refractivity contribution in [2.75, 3.05) is 53.5 Å². The van der Waals surface area contributed by atoms with Gasteiger partial charge in [0.15, 0.2) is 0 Å². The summed E-state index contributed by atoms with van der Waals surface area (Å²) in [7, 11) is 3.76. The van der Waals surface area contributed by atoms with Gasteiger partial charge >= 0.3 is 0 Å². The van der Waals surface area contributed by atoms with E-state index < -0.39 is 0 Å². The van der Waals surface area contributed by atoms with Crippen molar-refractivity contribution >= 4 is 11.8 Å². The summed E-state index contributed by atoms with van der Waals surface area (Å²) in [6.07, 6.45) is 5.55. The van der Waals surface area contributed by atoms with Gasteiger partial charge in [0, 0.05) is 38.9 Å². The normalized spacial score (nSPS) is 25.4. The highest BCUT2D eigenvalue weighted by molar-refractivity contribution is 6.02. The zero-order valence-corrected chi connectivity index (χ0v) is 15.6. The maximum Gasteiger partial charge on any atom is 0.250 e. The predicted octanol–water partition coefficient (Wildman–Crippen LogP) is 1.27. The topological polar surface area (TPSA) is 53.1 Å². The Morgan fingerprint density at radius 1 is 1.16 bits per heavy atom. The number of hydrogen-bond donors (Lipinski definition) is 0. The molecule has 25 heavy (non-hydrogen) atoms. The molecule has 0 spiro atoms. The number of rotatable bonds is 5. The van der Waals surface area contributed by atoms with Crippen LogP contribution in [-0.4, -0.2) is 86.0 Å². The molecule has 2 heterocycles. The Morgan fingerprint density at radius 3 is 2.80 bits per heavy atom. The van der Waals surface area contributed by atoms with Crippen molar-refractivity contribution in [3.8, 4) is 0 Å². The molecule has 2 amide bonds. The number of carbonyl (C=O) groups is 2. The number of amides is 2. The number of methoxy groups -OCH3 is 1. The Bertz CT molecular complexity index is 546. The Labute approximate surface area is 150 Å². The standard InChI is InChI=1S/C19H31N3O3/c1-20-8-5-9-21(11-10-20)18(23)14-16-15-6-3-4-7-17(15)22(19(16)24)12-13-25-2/h17H,3-14H2,1-2H3. The second kappa shape index (κ2) is 8.32. The van der Waals surface area contributed by atoms with Crippen LogP contribution in [0.1, 0.15) is 38.5 Å². The van der Waals surface area contributed by atoms with Crippen LogP contribution in [0.4, 0.5) is 0 Å². The van der Waals surface area contributed by atoms with Crippen LogP contribution in [0.3, 0.4) is 0 Å². The smallest absolute Gasteiger partial charge is 0.250 e. The minimum atomic E-state index is 0.0687. The molecule has 1 saturated carbocycles. The molecule has 140 valence electrons. The molecular weight excluding hydrogens is 318 g/mol. The highest BCUT2D eigenvalue weighted by Gasteiger charge is 2.40. The van der Waals surface area contributed by atoms with Crippen LogP contribution in [0.2, 0.25) is 0 Å². The second-order valence-electron chi connectivity index (χ2n) is 7.47. The van der Waals surface area contributed by atoms with Crippen molar-refractivity contribution in [1.82, 2.24) is 14.7 Å². The summed E-state index contributed by atoms with van der Waals surface area (Å²) in [5.41, 5.74) is 2.01. The van der Waals surface area contributed by atoms with Gasteiger partial charge in [0.1, 0.15) is 0 Å². The average Bonchev–Trinajstić information content (AvgIpc) is 2.76. The summed E-state index contributed by atoms with van der Waals surface area (Å²) < 4.78 is 5.18. The van der Waals surface area contributed by atoms with Gasteiger partial charge in [-0.15, -0.1) is 0 Å². The van der Waals surface area contributed by atoms with E-state index in [-0.39, 0.29) is 24.3 Å². The van der Waals surface area contributed by atoms with E-state index in [0.29, 0.717) is 13.2 Å². The largest absolute Gasteiger partial charge is 0.383 e. The Morgan fingerprint density at radius 2 is 2.00 bits per heavy atom. The molecule has 0 radical (unpaired) electrons. The predicted molar refractivity (Wildman–Crippen MR) is 96.2 cm³/mol. The molecule has 0 bridgehead atoms. The summed E-state index contributed by atoms with van der Waals surface area (Å²) in [6, 6.07) is 0.203. The molecular formula is C19H31N3O3. The first kappa shape index (κ1) is 18.4. The van der Waals surface area contributed by atoms with E-state index in [1.807, 2.05) is 9.80 Å². The molecule has 3 rings (SSSR count). The van der Waals surface area contributed by atoms with Gasteiger partial charge in [0.25, 0.3) is 5.91 Å². The fourth-order valence-corrected chi connectivity index (χ4v) is 4.34.